The van der Waals surface area contributed by atoms with Crippen molar-refractivity contribution >= 4 is 49.0 Å². The molecular weight excluding hydrogens is 514 g/mol. The predicted molar refractivity (Wildman–Crippen MR) is 117 cm³/mol. The van der Waals surface area contributed by atoms with Crippen LogP contribution < -0.4 is 15.4 Å². The van der Waals surface area contributed by atoms with Crippen LogP contribution in [0, 0.1) is 11.6 Å². The van der Waals surface area contributed by atoms with Gasteiger partial charge >= 0.3 is 0 Å². The van der Waals surface area contributed by atoms with Crippen LogP contribution in [0.3, 0.4) is 0 Å². The van der Waals surface area contributed by atoms with Crippen LogP contribution in [0.1, 0.15) is 20.8 Å². The summed E-state index contributed by atoms with van der Waals surface area (Å²) in [7, 11) is -2.58. The summed E-state index contributed by atoms with van der Waals surface area (Å²) in [5.41, 5.74) is 0.340. The maximum Gasteiger partial charge on any atom is 0.255 e. The predicted octanol–water partition coefficient (Wildman–Crippen LogP) is 3.63. The molecular formula is C19H17BrF2N4O3S2. The van der Waals surface area contributed by atoms with Crippen molar-refractivity contribution in [3.63, 3.8) is 0 Å². The number of hydrogen-bond acceptors (Lipinski definition) is 6. The first kappa shape index (κ1) is 23.3. The van der Waals surface area contributed by atoms with Gasteiger partial charge in [-0.05, 0) is 58.9 Å². The van der Waals surface area contributed by atoms with E-state index in [4.69, 9.17) is 0 Å². The van der Waals surface area contributed by atoms with Gasteiger partial charge in [0, 0.05) is 17.6 Å². The summed E-state index contributed by atoms with van der Waals surface area (Å²) in [4.78, 5) is 17.7. The third kappa shape index (κ3) is 5.85. The fraction of sp³-hybridized carbons (Fsp3) is 0.158. The summed E-state index contributed by atoms with van der Waals surface area (Å²) in [6.07, 6.45) is 1.14. The van der Waals surface area contributed by atoms with E-state index in [0.29, 0.717) is 12.1 Å². The van der Waals surface area contributed by atoms with Crippen LogP contribution >= 0.6 is 27.3 Å². The quantitative estimate of drug-likeness (QED) is 0.412. The number of benzene rings is 1. The average Bonchev–Trinajstić information content (AvgIpc) is 3.17. The standard InChI is InChI=1S/C19H17BrF2N4O3S2/c1-23-31(28,29)13-7-14(18(25-10-13)24-9-12-3-5-17(20)30-12)19(27)26-8-11-2-4-15(21)16(22)6-11/h2-7,10,23H,8-9H2,1H3,(H,24,25)(H,26,27). The van der Waals surface area contributed by atoms with Crippen LogP contribution in [0.2, 0.25) is 0 Å². The van der Waals surface area contributed by atoms with Gasteiger partial charge in [0.15, 0.2) is 11.6 Å². The van der Waals surface area contributed by atoms with Gasteiger partial charge in [-0.15, -0.1) is 11.3 Å². The molecule has 0 saturated carbocycles. The van der Waals surface area contributed by atoms with Crippen molar-refractivity contribution in [2.75, 3.05) is 12.4 Å². The van der Waals surface area contributed by atoms with Gasteiger partial charge < -0.3 is 10.6 Å². The molecule has 3 aromatic rings. The number of anilines is 1. The number of carbonyl (C=O) groups is 1. The molecule has 1 aromatic carbocycles. The Bertz CT molecular complexity index is 1220. The Morgan fingerprint density at radius 2 is 1.90 bits per heavy atom. The van der Waals surface area contributed by atoms with Crippen molar-refractivity contribution in [1.29, 1.82) is 0 Å². The minimum atomic E-state index is -3.83. The minimum absolute atomic E-state index is 0.00506. The molecule has 0 unspecified atom stereocenters. The van der Waals surface area contributed by atoms with Crippen molar-refractivity contribution in [2.24, 2.45) is 0 Å². The lowest BCUT2D eigenvalue weighted by Crippen LogP contribution is -2.26. The van der Waals surface area contributed by atoms with Crippen LogP contribution in [0.4, 0.5) is 14.6 Å². The SMILES string of the molecule is CNS(=O)(=O)c1cnc(NCc2ccc(Br)s2)c(C(=O)NCc2ccc(F)c(F)c2)c1. The normalized spacial score (nSPS) is 11.4. The number of nitrogens with one attached hydrogen (secondary N) is 3. The summed E-state index contributed by atoms with van der Waals surface area (Å²) in [6, 6.07) is 8.25. The van der Waals surface area contributed by atoms with E-state index >= 15 is 0 Å². The lowest BCUT2D eigenvalue weighted by molar-refractivity contribution is 0.0951. The van der Waals surface area contributed by atoms with Crippen LogP contribution in [0.15, 0.2) is 51.3 Å². The van der Waals surface area contributed by atoms with Crippen LogP contribution in [-0.2, 0) is 23.1 Å². The van der Waals surface area contributed by atoms with E-state index in [1.807, 2.05) is 12.1 Å². The minimum Gasteiger partial charge on any atom is -0.365 e. The van der Waals surface area contributed by atoms with Crippen molar-refractivity contribution in [2.45, 2.75) is 18.0 Å². The first-order valence-electron chi connectivity index (χ1n) is 8.83. The number of aromatic nitrogens is 1. The highest BCUT2D eigenvalue weighted by molar-refractivity contribution is 9.11. The molecule has 3 rings (SSSR count). The Balaban J connectivity index is 1.85. The van der Waals surface area contributed by atoms with Gasteiger partial charge in [-0.2, -0.15) is 0 Å². The van der Waals surface area contributed by atoms with E-state index < -0.39 is 27.6 Å². The van der Waals surface area contributed by atoms with Gasteiger partial charge in [0.05, 0.1) is 15.9 Å². The van der Waals surface area contributed by atoms with Crippen LogP contribution in [0.5, 0.6) is 0 Å². The summed E-state index contributed by atoms with van der Waals surface area (Å²) < 4.78 is 53.9. The van der Waals surface area contributed by atoms with Gasteiger partial charge in [0.2, 0.25) is 10.0 Å². The number of pyridine rings is 1. The summed E-state index contributed by atoms with van der Waals surface area (Å²) in [5.74, 6) is -2.46. The highest BCUT2D eigenvalue weighted by Crippen LogP contribution is 2.24. The lowest BCUT2D eigenvalue weighted by Gasteiger charge is -2.13. The Labute approximate surface area is 190 Å². The second kappa shape index (κ2) is 9.81. The lowest BCUT2D eigenvalue weighted by atomic mass is 10.2. The van der Waals surface area contributed by atoms with Gasteiger partial charge in [-0.1, -0.05) is 6.07 Å². The Kier molecular flexibility index (Phi) is 7.36. The van der Waals surface area contributed by atoms with E-state index in [-0.39, 0.29) is 22.8 Å². The molecule has 164 valence electrons. The van der Waals surface area contributed by atoms with Gasteiger partial charge in [-0.25, -0.2) is 26.9 Å². The zero-order valence-corrected chi connectivity index (χ0v) is 19.3. The molecule has 0 radical (unpaired) electrons. The van der Waals surface area contributed by atoms with Gasteiger partial charge in [0.1, 0.15) is 10.7 Å². The first-order valence-corrected chi connectivity index (χ1v) is 11.9. The van der Waals surface area contributed by atoms with Crippen molar-refractivity contribution in [3.05, 3.63) is 74.0 Å². The molecule has 0 bridgehead atoms. The molecule has 0 spiro atoms. The molecule has 0 atom stereocenters. The maximum absolute atomic E-state index is 13.4. The molecule has 2 heterocycles. The van der Waals surface area contributed by atoms with E-state index in [9.17, 15) is 22.0 Å². The first-order chi connectivity index (χ1) is 14.7. The average molecular weight is 531 g/mol. The van der Waals surface area contributed by atoms with E-state index in [2.05, 4.69) is 36.3 Å². The van der Waals surface area contributed by atoms with Crippen molar-refractivity contribution in [1.82, 2.24) is 15.0 Å². The molecule has 1 amide bonds. The maximum atomic E-state index is 13.4. The fourth-order valence-electron chi connectivity index (χ4n) is 2.57. The molecule has 3 N–H and O–H groups in total. The molecule has 0 aliphatic heterocycles. The van der Waals surface area contributed by atoms with Gasteiger partial charge in [0.25, 0.3) is 5.91 Å². The Hall–Kier alpha value is -2.41. The number of rotatable bonds is 8. The summed E-state index contributed by atoms with van der Waals surface area (Å²) in [6.45, 7) is 0.279. The second-order valence-corrected chi connectivity index (χ2v) is 10.7. The number of nitrogens with zero attached hydrogens (tertiary/aromatic N) is 1. The number of amides is 1. The van der Waals surface area contributed by atoms with Crippen LogP contribution in [0.25, 0.3) is 0 Å². The number of sulfonamides is 1. The van der Waals surface area contributed by atoms with E-state index in [0.717, 1.165) is 27.0 Å². The highest BCUT2D eigenvalue weighted by Gasteiger charge is 2.19. The molecule has 12 heteroatoms. The summed E-state index contributed by atoms with van der Waals surface area (Å²) in [5, 5.41) is 5.60. The third-order valence-electron chi connectivity index (χ3n) is 4.18. The van der Waals surface area contributed by atoms with E-state index in [1.54, 1.807) is 0 Å². The highest BCUT2D eigenvalue weighted by atomic mass is 79.9. The molecule has 0 fully saturated rings. The molecule has 0 aliphatic rings. The zero-order valence-electron chi connectivity index (χ0n) is 16.1. The Morgan fingerprint density at radius 3 is 2.55 bits per heavy atom. The topological polar surface area (TPSA) is 100 Å². The smallest absolute Gasteiger partial charge is 0.255 e. The molecule has 7 nitrogen and oxygen atoms in total. The van der Waals surface area contributed by atoms with E-state index in [1.165, 1.54) is 30.5 Å². The third-order valence-corrected chi connectivity index (χ3v) is 7.19. The summed E-state index contributed by atoms with van der Waals surface area (Å²) >= 11 is 4.87. The van der Waals surface area contributed by atoms with Crippen molar-refractivity contribution in [3.8, 4) is 0 Å². The fourth-order valence-corrected chi connectivity index (χ4v) is 4.69. The van der Waals surface area contributed by atoms with Gasteiger partial charge in [-0.3, -0.25) is 4.79 Å². The number of hydrogen-bond donors (Lipinski definition) is 3. The molecule has 0 saturated heterocycles. The molecule has 0 aliphatic carbocycles. The number of halogens is 3. The zero-order chi connectivity index (χ0) is 22.6. The number of thiophene rings is 1. The number of carbonyl (C=O) groups excluding carboxylic acids is 1. The molecule has 2 aromatic heterocycles. The Morgan fingerprint density at radius 1 is 1.13 bits per heavy atom. The molecule has 31 heavy (non-hydrogen) atoms. The van der Waals surface area contributed by atoms with Crippen molar-refractivity contribution < 1.29 is 22.0 Å². The van der Waals surface area contributed by atoms with Crippen LogP contribution in [-0.4, -0.2) is 26.4 Å². The second-order valence-electron chi connectivity index (χ2n) is 6.27. The monoisotopic (exact) mass is 530 g/mol. The largest absolute Gasteiger partial charge is 0.365 e.